The lowest BCUT2D eigenvalue weighted by Gasteiger charge is -2.12. The van der Waals surface area contributed by atoms with Gasteiger partial charge >= 0.3 is 23.9 Å². The highest BCUT2D eigenvalue weighted by molar-refractivity contribution is 5.86. The summed E-state index contributed by atoms with van der Waals surface area (Å²) in [6, 6.07) is 0. The first-order chi connectivity index (χ1) is 12.3. The van der Waals surface area contributed by atoms with Gasteiger partial charge in [0.1, 0.15) is 25.9 Å². The van der Waals surface area contributed by atoms with Gasteiger partial charge in [-0.15, -0.1) is 0 Å². The molecule has 0 amide bonds. The molecule has 0 N–H and O–H groups in total. The van der Waals surface area contributed by atoms with Gasteiger partial charge < -0.3 is 23.7 Å². The molecule has 0 aromatic carbocycles. The Hall–Kier alpha value is -2.42. The predicted molar refractivity (Wildman–Crippen MR) is 89.0 cm³/mol. The summed E-state index contributed by atoms with van der Waals surface area (Å²) in [7, 11) is 1.49. The van der Waals surface area contributed by atoms with Crippen LogP contribution in [0.4, 0.5) is 0 Å². The summed E-state index contributed by atoms with van der Waals surface area (Å²) in [5, 5.41) is 0. The first kappa shape index (κ1) is 23.6. The van der Waals surface area contributed by atoms with Crippen LogP contribution in [0.15, 0.2) is 12.2 Å². The lowest BCUT2D eigenvalue weighted by Crippen LogP contribution is -2.21. The van der Waals surface area contributed by atoms with E-state index in [1.807, 2.05) is 0 Å². The van der Waals surface area contributed by atoms with Gasteiger partial charge in [0.25, 0.3) is 0 Å². The molecule has 26 heavy (non-hydrogen) atoms. The summed E-state index contributed by atoms with van der Waals surface area (Å²) < 4.78 is 24.2. The van der Waals surface area contributed by atoms with Gasteiger partial charge in [-0.2, -0.15) is 0 Å². The minimum absolute atomic E-state index is 0.0850. The SMILES string of the molecule is C=C(C)C(=O)OCCOC(=O)CCC(=O)OCCC(=O)OC(C)COC. The van der Waals surface area contributed by atoms with Crippen LogP contribution in [0.25, 0.3) is 0 Å². The van der Waals surface area contributed by atoms with Crippen molar-refractivity contribution in [3.8, 4) is 0 Å². The van der Waals surface area contributed by atoms with Crippen molar-refractivity contribution in [3.05, 3.63) is 12.2 Å². The number of rotatable bonds is 13. The maximum absolute atomic E-state index is 11.5. The van der Waals surface area contributed by atoms with Gasteiger partial charge in [-0.25, -0.2) is 4.79 Å². The smallest absolute Gasteiger partial charge is 0.333 e. The maximum atomic E-state index is 11.5. The lowest BCUT2D eigenvalue weighted by atomic mass is 10.3. The van der Waals surface area contributed by atoms with Crippen LogP contribution in [0.2, 0.25) is 0 Å². The average molecular weight is 374 g/mol. The van der Waals surface area contributed by atoms with Gasteiger partial charge in [0.15, 0.2) is 0 Å². The van der Waals surface area contributed by atoms with E-state index in [4.69, 9.17) is 23.7 Å². The van der Waals surface area contributed by atoms with Crippen LogP contribution in [0.1, 0.15) is 33.1 Å². The van der Waals surface area contributed by atoms with Crippen molar-refractivity contribution < 1.29 is 42.9 Å². The topological polar surface area (TPSA) is 114 Å². The zero-order valence-corrected chi connectivity index (χ0v) is 15.4. The van der Waals surface area contributed by atoms with Crippen molar-refractivity contribution >= 4 is 23.9 Å². The number of carbonyl (C=O) groups is 4. The highest BCUT2D eigenvalue weighted by atomic mass is 16.6. The number of hydrogen-bond acceptors (Lipinski definition) is 9. The third-order valence-electron chi connectivity index (χ3n) is 2.76. The molecule has 0 radical (unpaired) electrons. The highest BCUT2D eigenvalue weighted by Gasteiger charge is 2.12. The molecule has 0 fully saturated rings. The summed E-state index contributed by atoms with van der Waals surface area (Å²) in [4.78, 5) is 45.4. The first-order valence-corrected chi connectivity index (χ1v) is 8.08. The van der Waals surface area contributed by atoms with E-state index in [0.29, 0.717) is 0 Å². The second-order valence-electron chi connectivity index (χ2n) is 5.36. The molecule has 1 atom stereocenters. The van der Waals surface area contributed by atoms with Crippen LogP contribution in [-0.2, 0) is 42.9 Å². The minimum atomic E-state index is -0.631. The second kappa shape index (κ2) is 13.8. The largest absolute Gasteiger partial charge is 0.465 e. The first-order valence-electron chi connectivity index (χ1n) is 8.08. The lowest BCUT2D eigenvalue weighted by molar-refractivity contribution is -0.156. The van der Waals surface area contributed by atoms with Gasteiger partial charge in [0.05, 0.1) is 25.9 Å². The van der Waals surface area contributed by atoms with E-state index in [-0.39, 0.29) is 57.4 Å². The minimum Gasteiger partial charge on any atom is -0.465 e. The van der Waals surface area contributed by atoms with Crippen LogP contribution in [-0.4, -0.2) is 63.5 Å². The Balaban J connectivity index is 3.72. The Morgan fingerprint density at radius 3 is 1.92 bits per heavy atom. The molecular formula is C17H26O9. The van der Waals surface area contributed by atoms with Crippen LogP contribution in [0, 0.1) is 0 Å². The standard InChI is InChI=1S/C17H26O9/c1-12(2)17(21)25-10-9-24-15(19)6-5-14(18)23-8-7-16(20)26-13(3)11-22-4/h13H,1,5-11H2,2-4H3. The molecule has 0 saturated heterocycles. The molecule has 0 heterocycles. The van der Waals surface area contributed by atoms with E-state index in [1.165, 1.54) is 14.0 Å². The molecule has 0 aromatic heterocycles. The number of ether oxygens (including phenoxy) is 5. The molecule has 0 bridgehead atoms. The predicted octanol–water partition coefficient (Wildman–Crippen LogP) is 0.941. The Morgan fingerprint density at radius 2 is 1.38 bits per heavy atom. The molecule has 0 aromatic rings. The van der Waals surface area contributed by atoms with Crippen molar-refractivity contribution in [1.82, 2.24) is 0 Å². The Bertz CT molecular complexity index is 498. The molecule has 0 aliphatic heterocycles. The molecule has 9 nitrogen and oxygen atoms in total. The fraction of sp³-hybridized carbons (Fsp3) is 0.647. The molecule has 0 aliphatic carbocycles. The van der Waals surface area contributed by atoms with Crippen molar-refractivity contribution in [1.29, 1.82) is 0 Å². The van der Waals surface area contributed by atoms with Gasteiger partial charge in [-0.3, -0.25) is 14.4 Å². The Kier molecular flexibility index (Phi) is 12.5. The van der Waals surface area contributed by atoms with Crippen molar-refractivity contribution in [2.24, 2.45) is 0 Å². The summed E-state index contributed by atoms with van der Waals surface area (Å²) >= 11 is 0. The van der Waals surface area contributed by atoms with Crippen molar-refractivity contribution in [2.45, 2.75) is 39.2 Å². The van der Waals surface area contributed by atoms with Gasteiger partial charge in [-0.1, -0.05) is 6.58 Å². The van der Waals surface area contributed by atoms with E-state index >= 15 is 0 Å². The molecule has 9 heteroatoms. The zero-order valence-electron chi connectivity index (χ0n) is 15.4. The van der Waals surface area contributed by atoms with Crippen molar-refractivity contribution in [3.63, 3.8) is 0 Å². The molecular weight excluding hydrogens is 348 g/mol. The Labute approximate surface area is 152 Å². The van der Waals surface area contributed by atoms with Crippen molar-refractivity contribution in [2.75, 3.05) is 33.5 Å². The third-order valence-corrected chi connectivity index (χ3v) is 2.76. The maximum Gasteiger partial charge on any atom is 0.333 e. The average Bonchev–Trinajstić information content (AvgIpc) is 2.56. The van der Waals surface area contributed by atoms with E-state index < -0.39 is 23.9 Å². The number of hydrogen-bond donors (Lipinski definition) is 0. The van der Waals surface area contributed by atoms with Crippen LogP contribution in [0.3, 0.4) is 0 Å². The zero-order chi connectivity index (χ0) is 19.9. The monoisotopic (exact) mass is 374 g/mol. The van der Waals surface area contributed by atoms with E-state index in [1.54, 1.807) is 6.92 Å². The second-order valence-corrected chi connectivity index (χ2v) is 5.36. The molecule has 0 saturated carbocycles. The summed E-state index contributed by atoms with van der Waals surface area (Å²) in [5.74, 6) is -2.33. The third kappa shape index (κ3) is 12.9. The quantitative estimate of drug-likeness (QED) is 0.201. The van der Waals surface area contributed by atoms with Crippen LogP contribution < -0.4 is 0 Å². The summed E-state index contributed by atoms with van der Waals surface area (Å²) in [5.41, 5.74) is 0.246. The normalized spacial score (nSPS) is 11.2. The van der Waals surface area contributed by atoms with Gasteiger partial charge in [0, 0.05) is 12.7 Å². The van der Waals surface area contributed by atoms with E-state index in [0.717, 1.165) is 0 Å². The van der Waals surface area contributed by atoms with Gasteiger partial charge in [0.2, 0.25) is 0 Å². The number of carbonyl (C=O) groups excluding carboxylic acids is 4. The van der Waals surface area contributed by atoms with Crippen LogP contribution >= 0.6 is 0 Å². The molecule has 1 unspecified atom stereocenters. The van der Waals surface area contributed by atoms with E-state index in [9.17, 15) is 19.2 Å². The summed E-state index contributed by atoms with van der Waals surface area (Å²) in [6.07, 6.45) is -0.826. The molecule has 0 aliphatic rings. The van der Waals surface area contributed by atoms with Crippen LogP contribution in [0.5, 0.6) is 0 Å². The molecule has 148 valence electrons. The molecule has 0 rings (SSSR count). The molecule has 0 spiro atoms. The fourth-order valence-corrected chi connectivity index (χ4v) is 1.56. The summed E-state index contributed by atoms with van der Waals surface area (Å²) in [6.45, 7) is 6.52. The fourth-order valence-electron chi connectivity index (χ4n) is 1.56. The van der Waals surface area contributed by atoms with Gasteiger partial charge in [-0.05, 0) is 13.8 Å². The van der Waals surface area contributed by atoms with E-state index in [2.05, 4.69) is 6.58 Å². The Morgan fingerprint density at radius 1 is 0.846 bits per heavy atom. The highest BCUT2D eigenvalue weighted by Crippen LogP contribution is 2.00. The number of methoxy groups -OCH3 is 1. The number of esters is 4.